The van der Waals surface area contributed by atoms with E-state index in [1.165, 1.54) is 88.2 Å². The molecule has 0 radical (unpaired) electrons. The predicted molar refractivity (Wildman–Crippen MR) is 187 cm³/mol. The predicted octanol–water partition coefficient (Wildman–Crippen LogP) is 12.6. The summed E-state index contributed by atoms with van der Waals surface area (Å²) in [5.74, 6) is 1.97. The van der Waals surface area contributed by atoms with Gasteiger partial charge in [0.1, 0.15) is 0 Å². The fourth-order valence-electron chi connectivity index (χ4n) is 5.92. The monoisotopic (exact) mass is 684 g/mol. The number of unbranched alkanes of at least 4 members (excludes halogenated alkanes) is 10. The summed E-state index contributed by atoms with van der Waals surface area (Å²) in [6, 6.07) is 38.6. The molecule has 228 valence electrons. The number of para-hydroxylation sites is 2. The Morgan fingerprint density at radius 2 is 0.744 bits per heavy atom. The topological polar surface area (TPSA) is 18.5 Å². The van der Waals surface area contributed by atoms with Crippen LogP contribution in [-0.2, 0) is 0 Å². The van der Waals surface area contributed by atoms with Gasteiger partial charge in [0.15, 0.2) is 0 Å². The summed E-state index contributed by atoms with van der Waals surface area (Å²) in [6.45, 7) is 4.58. The molecule has 0 aliphatic rings. The molecule has 0 heterocycles. The molecule has 4 rings (SSSR count). The second kappa shape index (κ2) is 18.8. The summed E-state index contributed by atoms with van der Waals surface area (Å²) in [7, 11) is 0. The van der Waals surface area contributed by atoms with Crippen LogP contribution in [0.25, 0.3) is 22.3 Å². The van der Waals surface area contributed by atoms with Crippen LogP contribution in [0.4, 0.5) is 0 Å². The van der Waals surface area contributed by atoms with E-state index in [2.05, 4.69) is 123 Å². The van der Waals surface area contributed by atoms with E-state index >= 15 is 0 Å². The fourth-order valence-corrected chi connectivity index (χ4v) is 15.7. The number of rotatable bonds is 20. The summed E-state index contributed by atoms with van der Waals surface area (Å²) in [5, 5.41) is 0. The quantitative estimate of drug-likeness (QED) is 0.0682. The Morgan fingerprint density at radius 1 is 0.395 bits per heavy atom. The molecule has 0 bridgehead atoms. The van der Waals surface area contributed by atoms with Crippen LogP contribution in [0, 0.1) is 0 Å². The van der Waals surface area contributed by atoms with Gasteiger partial charge < -0.3 is 0 Å². The maximum absolute atomic E-state index is 7.43. The molecule has 0 amide bonds. The Labute approximate surface area is 266 Å². The zero-order valence-corrected chi connectivity index (χ0v) is 29.5. The molecule has 4 aromatic rings. The molecule has 0 unspecified atom stereocenters. The van der Waals surface area contributed by atoms with Gasteiger partial charge in [0, 0.05) is 0 Å². The van der Waals surface area contributed by atoms with Gasteiger partial charge in [-0.2, -0.15) is 0 Å². The van der Waals surface area contributed by atoms with E-state index in [9.17, 15) is 0 Å². The van der Waals surface area contributed by atoms with E-state index in [-0.39, 0.29) is 0 Å². The molecule has 0 aliphatic heterocycles. The Kier molecular flexibility index (Phi) is 14.5. The third kappa shape index (κ3) is 10.7. The average Bonchev–Trinajstić information content (AvgIpc) is 3.06. The average molecular weight is 684 g/mol. The first kappa shape index (κ1) is 33.2. The molecular formula is C40H52O2Sn. The van der Waals surface area contributed by atoms with Crippen molar-refractivity contribution >= 4 is 19.2 Å². The normalized spacial score (nSPS) is 11.4. The first-order chi connectivity index (χ1) is 21.2. The van der Waals surface area contributed by atoms with Gasteiger partial charge in [0.25, 0.3) is 0 Å². The third-order valence-electron chi connectivity index (χ3n) is 8.36. The van der Waals surface area contributed by atoms with Crippen molar-refractivity contribution in [1.82, 2.24) is 0 Å². The van der Waals surface area contributed by atoms with Crippen molar-refractivity contribution in [3.05, 3.63) is 109 Å². The van der Waals surface area contributed by atoms with Gasteiger partial charge >= 0.3 is 268 Å². The summed E-state index contributed by atoms with van der Waals surface area (Å²) < 4.78 is 17.0. The Morgan fingerprint density at radius 3 is 1.16 bits per heavy atom. The molecule has 4 aromatic carbocycles. The number of hydrogen-bond donors (Lipinski definition) is 0. The summed E-state index contributed by atoms with van der Waals surface area (Å²) in [5.41, 5.74) is 4.72. The van der Waals surface area contributed by atoms with Crippen molar-refractivity contribution < 1.29 is 6.15 Å². The van der Waals surface area contributed by atoms with Crippen LogP contribution >= 0.6 is 0 Å². The van der Waals surface area contributed by atoms with Crippen LogP contribution < -0.4 is 6.15 Å². The number of hydrogen-bond acceptors (Lipinski definition) is 2. The molecular weight excluding hydrogens is 631 g/mol. The fraction of sp³-hybridized carbons (Fsp3) is 0.400. The summed E-state index contributed by atoms with van der Waals surface area (Å²) >= 11 is -3.76. The van der Waals surface area contributed by atoms with Crippen LogP contribution in [0.1, 0.15) is 90.9 Å². The SMILES string of the molecule is CCCCCCC[CH2][Sn]([CH2]CCCCCCC)([O]c1ccccc1-c1ccccc1)[O]c1ccccc1-c1ccccc1. The Hall–Kier alpha value is -2.72. The first-order valence-electron chi connectivity index (χ1n) is 16.9. The molecule has 0 aliphatic carbocycles. The Balaban J connectivity index is 1.69. The van der Waals surface area contributed by atoms with Crippen molar-refractivity contribution in [3.8, 4) is 33.8 Å². The summed E-state index contributed by atoms with van der Waals surface area (Å²) in [4.78, 5) is 0. The van der Waals surface area contributed by atoms with Gasteiger partial charge in [-0.15, -0.1) is 0 Å². The molecule has 0 saturated carbocycles. The molecule has 0 atom stereocenters. The van der Waals surface area contributed by atoms with Crippen LogP contribution in [0.5, 0.6) is 11.5 Å². The van der Waals surface area contributed by atoms with Crippen molar-refractivity contribution in [1.29, 1.82) is 0 Å². The van der Waals surface area contributed by atoms with E-state index in [0.29, 0.717) is 0 Å². The maximum atomic E-state index is 7.43. The van der Waals surface area contributed by atoms with Crippen LogP contribution in [0.15, 0.2) is 109 Å². The van der Waals surface area contributed by atoms with Crippen LogP contribution in [0.3, 0.4) is 0 Å². The zero-order chi connectivity index (χ0) is 30.0. The molecule has 2 nitrogen and oxygen atoms in total. The van der Waals surface area contributed by atoms with Gasteiger partial charge in [0.2, 0.25) is 0 Å². The standard InChI is InChI=1S/2C12H10O.2C8H17.Sn/c2*13-12-9-5-4-8-11(12)10-6-2-1-3-7-10;2*1-3-5-7-8-6-4-2;/h2*1-9,13H;2*1,3-8H2,2H3;/q;;;;+2/p-2. The van der Waals surface area contributed by atoms with Crippen molar-refractivity contribution in [2.24, 2.45) is 0 Å². The zero-order valence-electron chi connectivity index (χ0n) is 26.6. The number of benzene rings is 4. The van der Waals surface area contributed by atoms with Crippen LogP contribution in [0.2, 0.25) is 8.87 Å². The van der Waals surface area contributed by atoms with E-state index in [1.54, 1.807) is 0 Å². The molecule has 0 aromatic heterocycles. The van der Waals surface area contributed by atoms with E-state index in [4.69, 9.17) is 6.15 Å². The van der Waals surface area contributed by atoms with Crippen molar-refractivity contribution in [3.63, 3.8) is 0 Å². The molecule has 0 saturated heterocycles. The molecule has 0 spiro atoms. The van der Waals surface area contributed by atoms with Gasteiger partial charge in [0.05, 0.1) is 0 Å². The summed E-state index contributed by atoms with van der Waals surface area (Å²) in [6.07, 6.45) is 15.3. The molecule has 0 N–H and O–H groups in total. The van der Waals surface area contributed by atoms with Crippen molar-refractivity contribution in [2.75, 3.05) is 0 Å². The van der Waals surface area contributed by atoms with Gasteiger partial charge in [-0.1, -0.05) is 0 Å². The first-order valence-corrected chi connectivity index (χ1v) is 23.3. The van der Waals surface area contributed by atoms with E-state index < -0.39 is 19.2 Å². The van der Waals surface area contributed by atoms with Gasteiger partial charge in [-0.3, -0.25) is 0 Å². The second-order valence-corrected chi connectivity index (χ2v) is 21.1. The van der Waals surface area contributed by atoms with Crippen molar-refractivity contribution in [2.45, 2.75) is 99.8 Å². The van der Waals surface area contributed by atoms with E-state index in [0.717, 1.165) is 31.5 Å². The molecule has 3 heteroatoms. The van der Waals surface area contributed by atoms with Crippen LogP contribution in [-0.4, -0.2) is 19.2 Å². The van der Waals surface area contributed by atoms with Gasteiger partial charge in [-0.25, -0.2) is 0 Å². The minimum atomic E-state index is -3.76. The molecule has 0 fully saturated rings. The minimum absolute atomic E-state index is 0.985. The van der Waals surface area contributed by atoms with E-state index in [1.807, 2.05) is 0 Å². The second-order valence-electron chi connectivity index (χ2n) is 11.9. The Bertz CT molecular complexity index is 1200. The third-order valence-corrected chi connectivity index (χ3v) is 18.1. The van der Waals surface area contributed by atoms with Gasteiger partial charge in [-0.05, 0) is 0 Å². The molecule has 43 heavy (non-hydrogen) atoms.